The molecule has 9 heteroatoms. The minimum atomic E-state index is -0.312. The SMILES string of the molecule is CC(C)C[C@@H](NC(=O)CCCc1cccs1)c1nc(-c2ncn[nH]2)no1. The Balaban J connectivity index is 1.59. The predicted octanol–water partition coefficient (Wildman–Crippen LogP) is 3.14. The number of H-pyrrole nitrogens is 1. The molecule has 0 saturated heterocycles. The minimum absolute atomic E-state index is 0.00776. The molecule has 0 unspecified atom stereocenters. The normalized spacial score (nSPS) is 12.4. The number of aromatic amines is 1. The highest BCUT2D eigenvalue weighted by molar-refractivity contribution is 7.09. The highest BCUT2D eigenvalue weighted by Crippen LogP contribution is 2.22. The van der Waals surface area contributed by atoms with E-state index in [4.69, 9.17) is 4.52 Å². The van der Waals surface area contributed by atoms with Crippen LogP contribution in [0.5, 0.6) is 0 Å². The van der Waals surface area contributed by atoms with Gasteiger partial charge in [-0.05, 0) is 36.6 Å². The topological polar surface area (TPSA) is 110 Å². The fourth-order valence-corrected chi connectivity index (χ4v) is 3.37. The summed E-state index contributed by atoms with van der Waals surface area (Å²) in [6, 6.07) is 3.81. The van der Waals surface area contributed by atoms with Gasteiger partial charge in [0.1, 0.15) is 12.4 Å². The van der Waals surface area contributed by atoms with E-state index >= 15 is 0 Å². The lowest BCUT2D eigenvalue weighted by Crippen LogP contribution is -2.29. The largest absolute Gasteiger partial charge is 0.344 e. The molecule has 3 rings (SSSR count). The Kier molecular flexibility index (Phi) is 6.11. The second-order valence-corrected chi connectivity index (χ2v) is 7.51. The van der Waals surface area contributed by atoms with Gasteiger partial charge in [0.05, 0.1) is 0 Å². The van der Waals surface area contributed by atoms with Crippen molar-refractivity contribution in [2.24, 2.45) is 5.92 Å². The van der Waals surface area contributed by atoms with Crippen LogP contribution in [0.3, 0.4) is 0 Å². The zero-order chi connectivity index (χ0) is 18.4. The van der Waals surface area contributed by atoms with Gasteiger partial charge in [-0.25, -0.2) is 4.98 Å². The first-order valence-electron chi connectivity index (χ1n) is 8.63. The van der Waals surface area contributed by atoms with Gasteiger partial charge in [-0.15, -0.1) is 11.3 Å². The number of rotatable bonds is 9. The maximum Gasteiger partial charge on any atom is 0.249 e. The van der Waals surface area contributed by atoms with Gasteiger partial charge in [0.15, 0.2) is 5.82 Å². The number of carbonyl (C=O) groups excluding carboxylic acids is 1. The number of amides is 1. The zero-order valence-electron chi connectivity index (χ0n) is 14.8. The number of carbonyl (C=O) groups is 1. The summed E-state index contributed by atoms with van der Waals surface area (Å²) in [6.07, 6.45) is 4.29. The molecule has 3 aromatic heterocycles. The molecular formula is C17H22N6O2S. The first kappa shape index (κ1) is 18.2. The molecule has 0 aliphatic heterocycles. The van der Waals surface area contributed by atoms with Crippen molar-refractivity contribution in [2.75, 3.05) is 0 Å². The van der Waals surface area contributed by atoms with Crippen LogP contribution in [0.25, 0.3) is 11.6 Å². The monoisotopic (exact) mass is 374 g/mol. The van der Waals surface area contributed by atoms with Gasteiger partial charge < -0.3 is 9.84 Å². The summed E-state index contributed by atoms with van der Waals surface area (Å²) in [5.74, 6) is 1.51. The third kappa shape index (κ3) is 4.98. The third-order valence-corrected chi connectivity index (χ3v) is 4.75. The van der Waals surface area contributed by atoms with Crippen molar-refractivity contribution in [1.29, 1.82) is 0 Å². The average molecular weight is 374 g/mol. The molecule has 0 aromatic carbocycles. The minimum Gasteiger partial charge on any atom is -0.344 e. The molecule has 0 aliphatic carbocycles. The molecule has 0 fully saturated rings. The molecule has 0 saturated carbocycles. The van der Waals surface area contributed by atoms with Gasteiger partial charge in [-0.2, -0.15) is 10.1 Å². The highest BCUT2D eigenvalue weighted by atomic mass is 32.1. The van der Waals surface area contributed by atoms with Gasteiger partial charge in [-0.1, -0.05) is 25.1 Å². The lowest BCUT2D eigenvalue weighted by Gasteiger charge is -2.17. The second-order valence-electron chi connectivity index (χ2n) is 6.47. The van der Waals surface area contributed by atoms with E-state index in [0.717, 1.165) is 12.8 Å². The standard InChI is InChI=1S/C17H22N6O2S/c1-11(2)9-13(17-21-16(23-25-17)15-18-10-19-22-15)20-14(24)7-3-5-12-6-4-8-26-12/h4,6,8,10-11,13H,3,5,7,9H2,1-2H3,(H,20,24)(H,18,19,22)/t13-/m1/s1. The highest BCUT2D eigenvalue weighted by Gasteiger charge is 2.23. The van der Waals surface area contributed by atoms with Crippen molar-refractivity contribution in [3.05, 3.63) is 34.6 Å². The molecule has 8 nitrogen and oxygen atoms in total. The van der Waals surface area contributed by atoms with Crippen LogP contribution in [0.4, 0.5) is 0 Å². The molecule has 2 N–H and O–H groups in total. The molecule has 1 atom stereocenters. The zero-order valence-corrected chi connectivity index (χ0v) is 15.6. The quantitative estimate of drug-likeness (QED) is 0.595. The van der Waals surface area contributed by atoms with Gasteiger partial charge in [-0.3, -0.25) is 9.89 Å². The molecule has 0 bridgehead atoms. The Bertz CT molecular complexity index is 797. The Morgan fingerprint density at radius 3 is 3.00 bits per heavy atom. The molecule has 0 aliphatic rings. The van der Waals surface area contributed by atoms with E-state index in [1.807, 2.05) is 6.07 Å². The summed E-state index contributed by atoms with van der Waals surface area (Å²) in [4.78, 5) is 22.0. The van der Waals surface area contributed by atoms with Crippen LogP contribution in [-0.2, 0) is 11.2 Å². The molecular weight excluding hydrogens is 352 g/mol. The van der Waals surface area contributed by atoms with Crippen LogP contribution < -0.4 is 5.32 Å². The van der Waals surface area contributed by atoms with E-state index in [2.05, 4.69) is 55.9 Å². The maximum atomic E-state index is 12.3. The van der Waals surface area contributed by atoms with Gasteiger partial charge in [0.25, 0.3) is 0 Å². The number of hydrogen-bond acceptors (Lipinski definition) is 7. The van der Waals surface area contributed by atoms with E-state index < -0.39 is 0 Å². The number of nitrogens with one attached hydrogen (secondary N) is 2. The number of hydrogen-bond donors (Lipinski definition) is 2. The van der Waals surface area contributed by atoms with Crippen molar-refractivity contribution in [3.8, 4) is 11.6 Å². The van der Waals surface area contributed by atoms with Crippen LogP contribution in [0, 0.1) is 5.92 Å². The summed E-state index contributed by atoms with van der Waals surface area (Å²) in [5.41, 5.74) is 0. The van der Waals surface area contributed by atoms with E-state index in [9.17, 15) is 4.79 Å². The Morgan fingerprint density at radius 2 is 2.31 bits per heavy atom. The number of aryl methyl sites for hydroxylation is 1. The molecule has 1 amide bonds. The molecule has 3 heterocycles. The average Bonchev–Trinajstić information content (AvgIpc) is 3.35. The van der Waals surface area contributed by atoms with E-state index in [1.54, 1.807) is 11.3 Å². The summed E-state index contributed by atoms with van der Waals surface area (Å²) in [7, 11) is 0. The fraction of sp³-hybridized carbons (Fsp3) is 0.471. The van der Waals surface area contributed by atoms with Crippen LogP contribution in [0.1, 0.15) is 49.9 Å². The second kappa shape index (κ2) is 8.70. The van der Waals surface area contributed by atoms with E-state index in [-0.39, 0.29) is 11.9 Å². The number of thiophene rings is 1. The Hall–Kier alpha value is -2.55. The lowest BCUT2D eigenvalue weighted by molar-refractivity contribution is -0.122. The Morgan fingerprint density at radius 1 is 1.42 bits per heavy atom. The van der Waals surface area contributed by atoms with Gasteiger partial charge >= 0.3 is 0 Å². The van der Waals surface area contributed by atoms with Crippen molar-refractivity contribution in [3.63, 3.8) is 0 Å². The molecule has 138 valence electrons. The van der Waals surface area contributed by atoms with Crippen LogP contribution >= 0.6 is 11.3 Å². The summed E-state index contributed by atoms with van der Waals surface area (Å²) < 4.78 is 5.35. The molecule has 3 aromatic rings. The van der Waals surface area contributed by atoms with Crippen LogP contribution in [0.2, 0.25) is 0 Å². The van der Waals surface area contributed by atoms with Crippen LogP contribution in [0.15, 0.2) is 28.4 Å². The molecule has 26 heavy (non-hydrogen) atoms. The van der Waals surface area contributed by atoms with E-state index in [1.165, 1.54) is 11.2 Å². The third-order valence-electron chi connectivity index (χ3n) is 3.82. The predicted molar refractivity (Wildman–Crippen MR) is 97.3 cm³/mol. The lowest BCUT2D eigenvalue weighted by atomic mass is 10.0. The van der Waals surface area contributed by atoms with Crippen molar-refractivity contribution in [2.45, 2.75) is 45.6 Å². The van der Waals surface area contributed by atoms with Crippen molar-refractivity contribution in [1.82, 2.24) is 30.6 Å². The summed E-state index contributed by atoms with van der Waals surface area (Å²) >= 11 is 1.72. The van der Waals surface area contributed by atoms with Gasteiger partial charge in [0.2, 0.25) is 17.6 Å². The number of nitrogens with zero attached hydrogens (tertiary/aromatic N) is 4. The number of aromatic nitrogens is 5. The summed E-state index contributed by atoms with van der Waals surface area (Å²) in [6.45, 7) is 4.17. The molecule has 0 radical (unpaired) electrons. The first-order chi connectivity index (χ1) is 12.6. The maximum absolute atomic E-state index is 12.3. The van der Waals surface area contributed by atoms with Crippen molar-refractivity contribution >= 4 is 17.2 Å². The molecule has 0 spiro atoms. The smallest absolute Gasteiger partial charge is 0.249 e. The Labute approximate surface area is 155 Å². The fourth-order valence-electron chi connectivity index (χ4n) is 2.62. The first-order valence-corrected chi connectivity index (χ1v) is 9.51. The van der Waals surface area contributed by atoms with Crippen molar-refractivity contribution < 1.29 is 9.32 Å². The van der Waals surface area contributed by atoms with Crippen LogP contribution in [-0.4, -0.2) is 31.2 Å². The summed E-state index contributed by atoms with van der Waals surface area (Å²) in [5, 5.41) is 15.5. The van der Waals surface area contributed by atoms with Gasteiger partial charge in [0, 0.05) is 11.3 Å². The van der Waals surface area contributed by atoms with E-state index in [0.29, 0.717) is 36.3 Å².